The number of carbonyl (C=O) groups excluding carboxylic acids is 1. The van der Waals surface area contributed by atoms with Crippen molar-refractivity contribution in [1.29, 1.82) is 0 Å². The molecule has 1 aliphatic carbocycles. The Hall–Kier alpha value is -2.49. The summed E-state index contributed by atoms with van der Waals surface area (Å²) >= 11 is 0. The van der Waals surface area contributed by atoms with Crippen LogP contribution in [0, 0.1) is 0 Å². The first kappa shape index (κ1) is 15.4. The van der Waals surface area contributed by atoms with Gasteiger partial charge in [-0.05, 0) is 37.0 Å². The number of nitrogens with one attached hydrogen (secondary N) is 1. The first-order valence-corrected chi connectivity index (χ1v) is 7.78. The van der Waals surface area contributed by atoms with Crippen LogP contribution in [0.2, 0.25) is 0 Å². The summed E-state index contributed by atoms with van der Waals surface area (Å²) in [5.41, 5.74) is 1.45. The molecule has 2 aromatic rings. The Kier molecular flexibility index (Phi) is 4.24. The summed E-state index contributed by atoms with van der Waals surface area (Å²) in [5, 5.41) is 3.22. The number of hydrogen-bond acceptors (Lipinski definition) is 3. The van der Waals surface area contributed by atoms with Gasteiger partial charge in [-0.1, -0.05) is 30.3 Å². The van der Waals surface area contributed by atoms with Gasteiger partial charge >= 0.3 is 0 Å². The predicted octanol–water partition coefficient (Wildman–Crippen LogP) is 3.51. The van der Waals surface area contributed by atoms with E-state index < -0.39 is 0 Å². The van der Waals surface area contributed by atoms with Crippen LogP contribution in [-0.4, -0.2) is 20.1 Å². The van der Waals surface area contributed by atoms with Gasteiger partial charge in [0.25, 0.3) is 5.91 Å². The molecule has 120 valence electrons. The molecule has 2 aromatic carbocycles. The first-order valence-electron chi connectivity index (χ1n) is 7.78. The molecule has 0 aromatic heterocycles. The summed E-state index contributed by atoms with van der Waals surface area (Å²) in [7, 11) is 3.15. The Morgan fingerprint density at radius 3 is 2.09 bits per heavy atom. The van der Waals surface area contributed by atoms with Crippen molar-refractivity contribution >= 4 is 5.91 Å². The van der Waals surface area contributed by atoms with Gasteiger partial charge in [-0.2, -0.15) is 0 Å². The van der Waals surface area contributed by atoms with Crippen molar-refractivity contribution in [2.75, 3.05) is 14.2 Å². The number of methoxy groups -OCH3 is 2. The van der Waals surface area contributed by atoms with Crippen molar-refractivity contribution in [2.24, 2.45) is 0 Å². The Morgan fingerprint density at radius 1 is 1.00 bits per heavy atom. The van der Waals surface area contributed by atoms with Crippen molar-refractivity contribution in [1.82, 2.24) is 5.32 Å². The van der Waals surface area contributed by atoms with E-state index in [0.29, 0.717) is 17.1 Å². The summed E-state index contributed by atoms with van der Waals surface area (Å²) in [6, 6.07) is 15.4. The highest BCUT2D eigenvalue weighted by molar-refractivity contribution is 5.95. The van der Waals surface area contributed by atoms with Crippen LogP contribution < -0.4 is 14.8 Å². The fraction of sp³-hybridized carbons (Fsp3) is 0.316. The fourth-order valence-corrected chi connectivity index (χ4v) is 3.00. The van der Waals surface area contributed by atoms with Crippen LogP contribution in [0.5, 0.6) is 11.5 Å². The molecule has 0 spiro atoms. The average molecular weight is 311 g/mol. The minimum Gasteiger partial charge on any atom is -0.497 e. The zero-order valence-electron chi connectivity index (χ0n) is 13.5. The molecule has 1 amide bonds. The number of hydrogen-bond donors (Lipinski definition) is 1. The van der Waals surface area contributed by atoms with Crippen molar-refractivity contribution < 1.29 is 14.3 Å². The van der Waals surface area contributed by atoms with Crippen LogP contribution in [0.15, 0.2) is 48.5 Å². The lowest BCUT2D eigenvalue weighted by atomic mass is 9.71. The Labute approximate surface area is 136 Å². The van der Waals surface area contributed by atoms with Crippen molar-refractivity contribution in [2.45, 2.75) is 24.8 Å². The zero-order chi connectivity index (χ0) is 16.3. The highest BCUT2D eigenvalue weighted by Crippen LogP contribution is 2.41. The zero-order valence-corrected chi connectivity index (χ0v) is 13.5. The largest absolute Gasteiger partial charge is 0.497 e. The standard InChI is InChI=1S/C19H21NO3/c1-22-16-11-14(12-17(13-16)23-2)18(21)20-19(9-6-10-19)15-7-4-3-5-8-15/h3-5,7-8,11-13H,6,9-10H2,1-2H3,(H,20,21). The van der Waals surface area contributed by atoms with E-state index in [1.807, 2.05) is 18.2 Å². The quantitative estimate of drug-likeness (QED) is 0.919. The summed E-state index contributed by atoms with van der Waals surface area (Å²) in [6.07, 6.45) is 3.05. The number of ether oxygens (including phenoxy) is 2. The van der Waals surface area contributed by atoms with Gasteiger partial charge < -0.3 is 14.8 Å². The maximum absolute atomic E-state index is 12.7. The van der Waals surface area contributed by atoms with Crippen molar-refractivity contribution in [3.63, 3.8) is 0 Å². The van der Waals surface area contributed by atoms with Crippen LogP contribution in [0.4, 0.5) is 0 Å². The highest BCUT2D eigenvalue weighted by atomic mass is 16.5. The predicted molar refractivity (Wildman–Crippen MR) is 89.0 cm³/mol. The third kappa shape index (κ3) is 3.02. The van der Waals surface area contributed by atoms with Crippen LogP contribution >= 0.6 is 0 Å². The van der Waals surface area contributed by atoms with Gasteiger partial charge in [-0.15, -0.1) is 0 Å². The van der Waals surface area contributed by atoms with Crippen molar-refractivity contribution in [3.05, 3.63) is 59.7 Å². The molecule has 1 aliphatic rings. The second-order valence-electron chi connectivity index (χ2n) is 5.86. The second-order valence-corrected chi connectivity index (χ2v) is 5.86. The van der Waals surface area contributed by atoms with E-state index in [4.69, 9.17) is 9.47 Å². The molecule has 1 fully saturated rings. The van der Waals surface area contributed by atoms with Gasteiger partial charge in [0.1, 0.15) is 11.5 Å². The molecular formula is C19H21NO3. The van der Waals surface area contributed by atoms with Crippen LogP contribution in [0.1, 0.15) is 35.2 Å². The molecular weight excluding hydrogens is 290 g/mol. The van der Waals surface area contributed by atoms with E-state index in [1.165, 1.54) is 0 Å². The maximum atomic E-state index is 12.7. The SMILES string of the molecule is COc1cc(OC)cc(C(=O)NC2(c3ccccc3)CCC2)c1. The summed E-state index contributed by atoms with van der Waals surface area (Å²) in [6.45, 7) is 0. The molecule has 0 aliphatic heterocycles. The highest BCUT2D eigenvalue weighted by Gasteiger charge is 2.40. The van der Waals surface area contributed by atoms with E-state index in [9.17, 15) is 4.79 Å². The fourth-order valence-electron chi connectivity index (χ4n) is 3.00. The summed E-state index contributed by atoms with van der Waals surface area (Å²) in [5.74, 6) is 1.11. The average Bonchev–Trinajstić information content (AvgIpc) is 2.58. The molecule has 0 bridgehead atoms. The van der Waals surface area contributed by atoms with Gasteiger partial charge in [0.2, 0.25) is 0 Å². The van der Waals surface area contributed by atoms with E-state index >= 15 is 0 Å². The maximum Gasteiger partial charge on any atom is 0.252 e. The lowest BCUT2D eigenvalue weighted by Crippen LogP contribution is -2.50. The molecule has 3 rings (SSSR count). The Balaban J connectivity index is 1.86. The van der Waals surface area contributed by atoms with Gasteiger partial charge in [0, 0.05) is 11.6 Å². The normalized spacial score (nSPS) is 15.4. The van der Waals surface area contributed by atoms with Gasteiger partial charge in [-0.25, -0.2) is 0 Å². The lowest BCUT2D eigenvalue weighted by molar-refractivity contribution is 0.0822. The van der Waals surface area contributed by atoms with Crippen LogP contribution in [0.25, 0.3) is 0 Å². The molecule has 0 heterocycles. The molecule has 1 N–H and O–H groups in total. The van der Waals surface area contributed by atoms with E-state index in [-0.39, 0.29) is 11.4 Å². The second kappa shape index (κ2) is 6.32. The topological polar surface area (TPSA) is 47.6 Å². The molecule has 1 saturated carbocycles. The molecule has 23 heavy (non-hydrogen) atoms. The number of amides is 1. The van der Waals surface area contributed by atoms with E-state index in [1.54, 1.807) is 32.4 Å². The minimum atomic E-state index is -0.255. The molecule has 0 atom stereocenters. The van der Waals surface area contributed by atoms with Crippen LogP contribution in [0.3, 0.4) is 0 Å². The molecule has 0 unspecified atom stereocenters. The number of rotatable bonds is 5. The number of benzene rings is 2. The third-order valence-electron chi connectivity index (χ3n) is 4.50. The minimum absolute atomic E-state index is 0.106. The Morgan fingerprint density at radius 2 is 1.61 bits per heavy atom. The smallest absolute Gasteiger partial charge is 0.252 e. The van der Waals surface area contributed by atoms with E-state index in [0.717, 1.165) is 24.8 Å². The van der Waals surface area contributed by atoms with Crippen LogP contribution in [-0.2, 0) is 5.54 Å². The monoisotopic (exact) mass is 311 g/mol. The summed E-state index contributed by atoms with van der Waals surface area (Å²) in [4.78, 5) is 12.7. The summed E-state index contributed by atoms with van der Waals surface area (Å²) < 4.78 is 10.5. The van der Waals surface area contributed by atoms with Gasteiger partial charge in [0.05, 0.1) is 19.8 Å². The molecule has 4 heteroatoms. The molecule has 0 radical (unpaired) electrons. The first-order chi connectivity index (χ1) is 11.2. The van der Waals surface area contributed by atoms with Crippen molar-refractivity contribution in [3.8, 4) is 11.5 Å². The Bertz CT molecular complexity index is 671. The van der Waals surface area contributed by atoms with Gasteiger partial charge in [-0.3, -0.25) is 4.79 Å². The van der Waals surface area contributed by atoms with Gasteiger partial charge in [0.15, 0.2) is 0 Å². The molecule has 4 nitrogen and oxygen atoms in total. The lowest BCUT2D eigenvalue weighted by Gasteiger charge is -2.43. The molecule has 0 saturated heterocycles. The third-order valence-corrected chi connectivity index (χ3v) is 4.50. The van der Waals surface area contributed by atoms with E-state index in [2.05, 4.69) is 17.4 Å². The number of carbonyl (C=O) groups is 1.